The lowest BCUT2D eigenvalue weighted by molar-refractivity contribution is 0.791. The van der Waals surface area contributed by atoms with E-state index in [-0.39, 0.29) is 0 Å². The molecule has 1 heteroatoms. The summed E-state index contributed by atoms with van der Waals surface area (Å²) in [6.07, 6.45) is 1.21. The van der Waals surface area contributed by atoms with Gasteiger partial charge < -0.3 is 4.90 Å². The van der Waals surface area contributed by atoms with E-state index in [0.29, 0.717) is 0 Å². The van der Waals surface area contributed by atoms with Crippen LogP contribution in [0.25, 0.3) is 0 Å². The van der Waals surface area contributed by atoms with E-state index < -0.39 is 0 Å². The van der Waals surface area contributed by atoms with Gasteiger partial charge in [-0.3, -0.25) is 0 Å². The van der Waals surface area contributed by atoms with E-state index in [0.717, 1.165) is 13.1 Å². The van der Waals surface area contributed by atoms with Crippen LogP contribution in [0.3, 0.4) is 0 Å². The Kier molecular flexibility index (Phi) is 3.99. The van der Waals surface area contributed by atoms with Gasteiger partial charge in [-0.25, -0.2) is 0 Å². The number of hydrogen-bond donors (Lipinski definition) is 0. The second-order valence-corrected chi connectivity index (χ2v) is 3.85. The highest BCUT2D eigenvalue weighted by Gasteiger charge is 2.03. The highest BCUT2D eigenvalue weighted by Crippen LogP contribution is 2.18. The first-order valence-electron chi connectivity index (χ1n) is 5.51. The largest absolute Gasteiger partial charge is 0.372 e. The summed E-state index contributed by atoms with van der Waals surface area (Å²) >= 11 is 0. The van der Waals surface area contributed by atoms with Gasteiger partial charge in [0, 0.05) is 18.8 Å². The van der Waals surface area contributed by atoms with Crippen molar-refractivity contribution in [2.45, 2.75) is 34.1 Å². The Labute approximate surface area is 87.7 Å². The molecule has 0 radical (unpaired) electrons. The zero-order valence-electron chi connectivity index (χ0n) is 9.80. The summed E-state index contributed by atoms with van der Waals surface area (Å²) in [4.78, 5) is 2.42. The van der Waals surface area contributed by atoms with Crippen LogP contribution < -0.4 is 4.90 Å². The minimum atomic E-state index is 1.09. The number of benzene rings is 1. The highest BCUT2D eigenvalue weighted by molar-refractivity contribution is 5.50. The van der Waals surface area contributed by atoms with Crippen LogP contribution in [0.4, 0.5) is 5.69 Å². The van der Waals surface area contributed by atoms with Gasteiger partial charge in [-0.05, 0) is 50.5 Å². The Morgan fingerprint density at radius 3 is 2.29 bits per heavy atom. The first-order valence-corrected chi connectivity index (χ1v) is 5.51. The third-order valence-corrected chi connectivity index (χ3v) is 2.73. The van der Waals surface area contributed by atoms with Crippen LogP contribution in [-0.4, -0.2) is 13.1 Å². The molecule has 0 aliphatic rings. The van der Waals surface area contributed by atoms with Gasteiger partial charge in [0.25, 0.3) is 0 Å². The molecule has 1 rings (SSSR count). The monoisotopic (exact) mass is 191 g/mol. The Bertz CT molecular complexity index is 291. The molecule has 0 atom stereocenters. The molecule has 0 amide bonds. The van der Waals surface area contributed by atoms with E-state index in [2.05, 4.69) is 50.8 Å². The fourth-order valence-corrected chi connectivity index (χ4v) is 1.66. The first-order chi connectivity index (χ1) is 6.69. The summed E-state index contributed by atoms with van der Waals surface area (Å²) in [6.45, 7) is 11.0. The fraction of sp³-hybridized carbons (Fsp3) is 0.538. The molecule has 0 aliphatic carbocycles. The van der Waals surface area contributed by atoms with Gasteiger partial charge in [-0.1, -0.05) is 13.0 Å². The molecule has 0 aliphatic heterocycles. The Morgan fingerprint density at radius 2 is 1.79 bits per heavy atom. The zero-order valence-corrected chi connectivity index (χ0v) is 9.80. The minimum Gasteiger partial charge on any atom is -0.372 e. The number of nitrogens with zero attached hydrogens (tertiary/aromatic N) is 1. The van der Waals surface area contributed by atoms with Gasteiger partial charge in [-0.15, -0.1) is 0 Å². The molecular weight excluding hydrogens is 170 g/mol. The normalized spacial score (nSPS) is 10.3. The van der Waals surface area contributed by atoms with Crippen molar-refractivity contribution in [2.24, 2.45) is 0 Å². The molecule has 1 aromatic rings. The fourth-order valence-electron chi connectivity index (χ4n) is 1.66. The van der Waals surface area contributed by atoms with Crippen LogP contribution in [0.2, 0.25) is 0 Å². The standard InChI is InChI=1S/C13H21N/c1-5-9-14(6-2)13-8-7-11(3)12(4)10-13/h7-8,10H,5-6,9H2,1-4H3. The van der Waals surface area contributed by atoms with Crippen molar-refractivity contribution in [1.82, 2.24) is 0 Å². The van der Waals surface area contributed by atoms with Crippen LogP contribution in [0.1, 0.15) is 31.4 Å². The van der Waals surface area contributed by atoms with Crippen LogP contribution in [0.5, 0.6) is 0 Å². The second kappa shape index (κ2) is 5.04. The summed E-state index contributed by atoms with van der Waals surface area (Å²) in [5.74, 6) is 0. The van der Waals surface area contributed by atoms with Crippen molar-refractivity contribution in [1.29, 1.82) is 0 Å². The van der Waals surface area contributed by atoms with Crippen molar-refractivity contribution in [2.75, 3.05) is 18.0 Å². The smallest absolute Gasteiger partial charge is 0.0368 e. The summed E-state index contributed by atoms with van der Waals surface area (Å²) in [5.41, 5.74) is 4.12. The van der Waals surface area contributed by atoms with Gasteiger partial charge in [0.2, 0.25) is 0 Å². The molecule has 0 heterocycles. The average Bonchev–Trinajstić information content (AvgIpc) is 2.19. The van der Waals surface area contributed by atoms with E-state index in [1.54, 1.807) is 0 Å². The van der Waals surface area contributed by atoms with Gasteiger partial charge in [0.05, 0.1) is 0 Å². The van der Waals surface area contributed by atoms with E-state index in [4.69, 9.17) is 0 Å². The molecule has 78 valence electrons. The molecule has 0 spiro atoms. The quantitative estimate of drug-likeness (QED) is 0.703. The van der Waals surface area contributed by atoms with Crippen molar-refractivity contribution in [3.8, 4) is 0 Å². The van der Waals surface area contributed by atoms with Crippen LogP contribution in [0.15, 0.2) is 18.2 Å². The van der Waals surface area contributed by atoms with Gasteiger partial charge >= 0.3 is 0 Å². The number of rotatable bonds is 4. The Morgan fingerprint density at radius 1 is 1.07 bits per heavy atom. The summed E-state index contributed by atoms with van der Waals surface area (Å²) in [6, 6.07) is 6.72. The van der Waals surface area contributed by atoms with Gasteiger partial charge in [0.15, 0.2) is 0 Å². The van der Waals surface area contributed by atoms with E-state index in [1.165, 1.54) is 23.2 Å². The lowest BCUT2D eigenvalue weighted by Gasteiger charge is -2.23. The number of hydrogen-bond acceptors (Lipinski definition) is 1. The molecule has 0 saturated heterocycles. The molecule has 1 aromatic carbocycles. The lowest BCUT2D eigenvalue weighted by Crippen LogP contribution is -2.23. The molecule has 0 fully saturated rings. The van der Waals surface area contributed by atoms with Crippen molar-refractivity contribution in [3.63, 3.8) is 0 Å². The lowest BCUT2D eigenvalue weighted by atomic mass is 10.1. The summed E-state index contributed by atoms with van der Waals surface area (Å²) in [5, 5.41) is 0. The first kappa shape index (κ1) is 11.1. The van der Waals surface area contributed by atoms with Gasteiger partial charge in [0.1, 0.15) is 0 Å². The molecule has 0 aromatic heterocycles. The maximum absolute atomic E-state index is 2.42. The molecule has 0 unspecified atom stereocenters. The Balaban J connectivity index is 2.88. The Hall–Kier alpha value is -0.980. The van der Waals surface area contributed by atoms with Gasteiger partial charge in [-0.2, -0.15) is 0 Å². The summed E-state index contributed by atoms with van der Waals surface area (Å²) in [7, 11) is 0. The van der Waals surface area contributed by atoms with Crippen molar-refractivity contribution >= 4 is 5.69 Å². The molecule has 0 bridgehead atoms. The van der Waals surface area contributed by atoms with Crippen LogP contribution >= 0.6 is 0 Å². The highest BCUT2D eigenvalue weighted by atomic mass is 15.1. The molecule has 1 nitrogen and oxygen atoms in total. The summed E-state index contributed by atoms with van der Waals surface area (Å²) < 4.78 is 0. The second-order valence-electron chi connectivity index (χ2n) is 3.85. The van der Waals surface area contributed by atoms with E-state index >= 15 is 0 Å². The zero-order chi connectivity index (χ0) is 10.6. The maximum Gasteiger partial charge on any atom is 0.0368 e. The number of aryl methyl sites for hydroxylation is 2. The topological polar surface area (TPSA) is 3.24 Å². The average molecular weight is 191 g/mol. The molecule has 0 saturated carbocycles. The van der Waals surface area contributed by atoms with E-state index in [9.17, 15) is 0 Å². The maximum atomic E-state index is 2.42. The number of anilines is 1. The molecule has 0 N–H and O–H groups in total. The SMILES string of the molecule is CCCN(CC)c1ccc(C)c(C)c1. The predicted octanol–water partition coefficient (Wildman–Crippen LogP) is 3.54. The van der Waals surface area contributed by atoms with Crippen LogP contribution in [-0.2, 0) is 0 Å². The third kappa shape index (κ3) is 2.50. The van der Waals surface area contributed by atoms with Crippen molar-refractivity contribution < 1.29 is 0 Å². The van der Waals surface area contributed by atoms with E-state index in [1.807, 2.05) is 0 Å². The molecule has 14 heavy (non-hydrogen) atoms. The van der Waals surface area contributed by atoms with Crippen LogP contribution in [0, 0.1) is 13.8 Å². The third-order valence-electron chi connectivity index (χ3n) is 2.73. The minimum absolute atomic E-state index is 1.09. The molecular formula is C13H21N. The van der Waals surface area contributed by atoms with Crippen molar-refractivity contribution in [3.05, 3.63) is 29.3 Å². The predicted molar refractivity (Wildman–Crippen MR) is 64.1 cm³/mol.